The maximum absolute atomic E-state index is 10.5. The molecule has 1 N–H and O–H groups in total. The molecule has 0 aromatic carbocycles. The Morgan fingerprint density at radius 3 is 3.36 bits per heavy atom. The van der Waals surface area contributed by atoms with Crippen LogP contribution in [0.3, 0.4) is 0 Å². The molecule has 0 aliphatic carbocycles. The first-order valence-corrected chi connectivity index (χ1v) is 4.53. The van der Waals surface area contributed by atoms with Gasteiger partial charge in [-0.25, -0.2) is 0 Å². The molecule has 1 saturated heterocycles. The second-order valence-corrected chi connectivity index (χ2v) is 3.99. The van der Waals surface area contributed by atoms with Gasteiger partial charge in [0, 0.05) is 4.91 Å². The van der Waals surface area contributed by atoms with Gasteiger partial charge in [-0.1, -0.05) is 0 Å². The Hall–Kier alpha value is -0.700. The third kappa shape index (κ3) is 1.20. The predicted octanol–water partition coefficient (Wildman–Crippen LogP) is 1.06. The molecule has 2 aliphatic heterocycles. The minimum atomic E-state index is 0.165. The first kappa shape index (κ1) is 6.98. The van der Waals surface area contributed by atoms with Crippen LogP contribution >= 0.6 is 11.8 Å². The Morgan fingerprint density at radius 2 is 2.64 bits per heavy atom. The molecule has 0 spiro atoms. The Bertz CT molecular complexity index is 234. The maximum Gasteiger partial charge on any atom is 0.133 e. The molecule has 0 amide bonds. The van der Waals surface area contributed by atoms with E-state index in [0.717, 1.165) is 12.7 Å². The van der Waals surface area contributed by atoms with Crippen LogP contribution in [0.2, 0.25) is 0 Å². The van der Waals surface area contributed by atoms with Crippen molar-refractivity contribution in [2.45, 2.75) is 17.7 Å². The summed E-state index contributed by atoms with van der Waals surface area (Å²) in [5.74, 6) is 0. The zero-order valence-corrected chi connectivity index (χ0v) is 6.80. The number of aldehydes is 1. The topological polar surface area (TPSA) is 29.1 Å². The number of allylic oxidation sites excluding steroid dienone is 2. The molecule has 2 atom stereocenters. The minimum absolute atomic E-state index is 0.165. The fourth-order valence-electron chi connectivity index (χ4n) is 1.36. The van der Waals surface area contributed by atoms with E-state index in [-0.39, 0.29) is 5.25 Å². The summed E-state index contributed by atoms with van der Waals surface area (Å²) in [5, 5.41) is 3.38. The smallest absolute Gasteiger partial charge is 0.133 e. The van der Waals surface area contributed by atoms with E-state index < -0.39 is 0 Å². The average Bonchev–Trinajstić information content (AvgIpc) is 2.46. The SMILES string of the molecule is O=CC1CC2NC=CC=C2S1. The number of thioether (sulfide) groups is 1. The van der Waals surface area contributed by atoms with Gasteiger partial charge in [0.15, 0.2) is 0 Å². The van der Waals surface area contributed by atoms with E-state index in [9.17, 15) is 4.79 Å². The maximum atomic E-state index is 10.5. The fraction of sp³-hybridized carbons (Fsp3) is 0.375. The Morgan fingerprint density at radius 1 is 1.73 bits per heavy atom. The predicted molar refractivity (Wildman–Crippen MR) is 46.2 cm³/mol. The van der Waals surface area contributed by atoms with Crippen molar-refractivity contribution in [1.29, 1.82) is 0 Å². The van der Waals surface area contributed by atoms with Gasteiger partial charge < -0.3 is 10.1 Å². The largest absolute Gasteiger partial charge is 0.384 e. The monoisotopic (exact) mass is 167 g/mol. The highest BCUT2D eigenvalue weighted by atomic mass is 32.2. The van der Waals surface area contributed by atoms with Crippen LogP contribution in [0.1, 0.15) is 6.42 Å². The summed E-state index contributed by atoms with van der Waals surface area (Å²) >= 11 is 1.67. The van der Waals surface area contributed by atoms with Crippen molar-refractivity contribution in [2.24, 2.45) is 0 Å². The molecule has 0 aromatic rings. The van der Waals surface area contributed by atoms with Gasteiger partial charge in [-0.3, -0.25) is 0 Å². The lowest BCUT2D eigenvalue weighted by Gasteiger charge is -2.13. The van der Waals surface area contributed by atoms with Crippen LogP contribution in [-0.4, -0.2) is 17.6 Å². The van der Waals surface area contributed by atoms with Crippen molar-refractivity contribution in [3.05, 3.63) is 23.3 Å². The van der Waals surface area contributed by atoms with Crippen molar-refractivity contribution in [3.8, 4) is 0 Å². The number of fused-ring (bicyclic) bond motifs is 1. The molecule has 0 bridgehead atoms. The number of dihydropyridines is 1. The highest BCUT2D eigenvalue weighted by Crippen LogP contribution is 2.37. The van der Waals surface area contributed by atoms with Crippen LogP contribution in [0.25, 0.3) is 0 Å². The highest BCUT2D eigenvalue weighted by molar-refractivity contribution is 8.04. The van der Waals surface area contributed by atoms with Gasteiger partial charge in [-0.2, -0.15) is 0 Å². The van der Waals surface area contributed by atoms with Crippen LogP contribution < -0.4 is 5.32 Å². The summed E-state index contributed by atoms with van der Waals surface area (Å²) in [5.41, 5.74) is 0. The summed E-state index contributed by atoms with van der Waals surface area (Å²) in [6, 6.07) is 0.403. The van der Waals surface area contributed by atoms with E-state index in [2.05, 4.69) is 11.4 Å². The molecule has 0 aromatic heterocycles. The molecular formula is C8H9NOS. The second kappa shape index (κ2) is 2.74. The molecule has 2 heterocycles. The van der Waals surface area contributed by atoms with Crippen LogP contribution in [0.15, 0.2) is 23.3 Å². The number of nitrogens with one attached hydrogen (secondary N) is 1. The van der Waals surface area contributed by atoms with Gasteiger partial charge in [-0.15, -0.1) is 11.8 Å². The molecule has 11 heavy (non-hydrogen) atoms. The molecule has 58 valence electrons. The van der Waals surface area contributed by atoms with Crippen molar-refractivity contribution >= 4 is 18.0 Å². The van der Waals surface area contributed by atoms with E-state index in [0.29, 0.717) is 6.04 Å². The standard InChI is InChI=1S/C8H9NOS/c10-5-6-4-7-8(11-6)2-1-3-9-7/h1-3,5-7,9H,4H2. The molecule has 3 heteroatoms. The number of carbonyl (C=O) groups excluding carboxylic acids is 1. The normalized spacial score (nSPS) is 34.0. The fourth-order valence-corrected chi connectivity index (χ4v) is 2.54. The third-order valence-corrected chi connectivity index (χ3v) is 3.20. The van der Waals surface area contributed by atoms with Crippen LogP contribution in [0.4, 0.5) is 0 Å². The van der Waals surface area contributed by atoms with Gasteiger partial charge in [0.2, 0.25) is 0 Å². The summed E-state index contributed by atoms with van der Waals surface area (Å²) in [6.07, 6.45) is 7.96. The van der Waals surface area contributed by atoms with Gasteiger partial charge in [0.25, 0.3) is 0 Å². The number of hydrogen-bond acceptors (Lipinski definition) is 3. The molecule has 0 saturated carbocycles. The molecule has 2 rings (SSSR count). The Balaban J connectivity index is 2.14. The van der Waals surface area contributed by atoms with Crippen LogP contribution in [-0.2, 0) is 4.79 Å². The molecule has 0 radical (unpaired) electrons. The third-order valence-electron chi connectivity index (χ3n) is 1.90. The molecule has 2 unspecified atom stereocenters. The Kier molecular flexibility index (Phi) is 1.74. The lowest BCUT2D eigenvalue weighted by Crippen LogP contribution is -2.24. The summed E-state index contributed by atoms with van der Waals surface area (Å²) in [6.45, 7) is 0. The van der Waals surface area contributed by atoms with Gasteiger partial charge in [-0.05, 0) is 24.8 Å². The lowest BCUT2D eigenvalue weighted by atomic mass is 10.1. The molecule has 1 fully saturated rings. The zero-order valence-electron chi connectivity index (χ0n) is 5.99. The van der Waals surface area contributed by atoms with Crippen LogP contribution in [0.5, 0.6) is 0 Å². The lowest BCUT2D eigenvalue weighted by molar-refractivity contribution is -0.107. The minimum Gasteiger partial charge on any atom is -0.384 e. The second-order valence-electron chi connectivity index (χ2n) is 2.68. The van der Waals surface area contributed by atoms with E-state index in [1.807, 2.05) is 12.3 Å². The van der Waals surface area contributed by atoms with Crippen molar-refractivity contribution in [2.75, 3.05) is 0 Å². The number of rotatable bonds is 1. The number of carbonyl (C=O) groups is 1. The molecular weight excluding hydrogens is 158 g/mol. The van der Waals surface area contributed by atoms with Crippen LogP contribution in [0, 0.1) is 0 Å². The van der Waals surface area contributed by atoms with Crippen molar-refractivity contribution < 1.29 is 4.79 Å². The van der Waals surface area contributed by atoms with Gasteiger partial charge >= 0.3 is 0 Å². The summed E-state index contributed by atoms with van der Waals surface area (Å²) in [4.78, 5) is 11.8. The summed E-state index contributed by atoms with van der Waals surface area (Å²) in [7, 11) is 0. The number of hydrogen-bond donors (Lipinski definition) is 1. The quantitative estimate of drug-likeness (QED) is 0.592. The molecule has 2 aliphatic rings. The van der Waals surface area contributed by atoms with Crippen molar-refractivity contribution in [1.82, 2.24) is 5.32 Å². The molecule has 2 nitrogen and oxygen atoms in total. The highest BCUT2D eigenvalue weighted by Gasteiger charge is 2.29. The van der Waals surface area contributed by atoms with E-state index in [4.69, 9.17) is 0 Å². The van der Waals surface area contributed by atoms with Crippen molar-refractivity contribution in [3.63, 3.8) is 0 Å². The first-order chi connectivity index (χ1) is 5.40. The first-order valence-electron chi connectivity index (χ1n) is 3.65. The van der Waals surface area contributed by atoms with E-state index in [1.165, 1.54) is 4.91 Å². The average molecular weight is 167 g/mol. The van der Waals surface area contributed by atoms with E-state index >= 15 is 0 Å². The zero-order chi connectivity index (χ0) is 7.68. The van der Waals surface area contributed by atoms with Gasteiger partial charge in [0.05, 0.1) is 11.3 Å². The summed E-state index contributed by atoms with van der Waals surface area (Å²) < 4.78 is 0. The van der Waals surface area contributed by atoms with E-state index in [1.54, 1.807) is 11.8 Å². The van der Waals surface area contributed by atoms with Gasteiger partial charge in [0.1, 0.15) is 6.29 Å². The Labute approximate surface area is 69.7 Å².